The fraction of sp³-hybridized carbons (Fsp3) is 0.565. The normalized spacial score (nSPS) is 17.3. The first-order chi connectivity index (χ1) is 15.0. The van der Waals surface area contributed by atoms with Gasteiger partial charge in [-0.2, -0.15) is 5.10 Å². The number of ether oxygens (including phenoxy) is 2. The van der Waals surface area contributed by atoms with E-state index in [-0.39, 0.29) is 40.3 Å². The predicted octanol–water partition coefficient (Wildman–Crippen LogP) is 3.26. The van der Waals surface area contributed by atoms with Crippen LogP contribution in [-0.4, -0.2) is 49.6 Å². The van der Waals surface area contributed by atoms with Gasteiger partial charge in [0.1, 0.15) is 23.1 Å². The molecule has 1 aromatic carbocycles. The number of ketones is 1. The average molecular weight is 465 g/mol. The highest BCUT2D eigenvalue weighted by atomic mass is 32.2. The number of Topliss-reactive ketones (excluding diaryl/α,β-unsaturated/α-hetero) is 1. The summed E-state index contributed by atoms with van der Waals surface area (Å²) in [5.74, 6) is -1.26. The van der Waals surface area contributed by atoms with E-state index in [1.54, 1.807) is 0 Å². The number of hydrogen-bond acceptors (Lipinski definition) is 6. The van der Waals surface area contributed by atoms with Gasteiger partial charge in [-0.3, -0.25) is 4.79 Å². The highest BCUT2D eigenvalue weighted by Crippen LogP contribution is 2.38. The van der Waals surface area contributed by atoms with Crippen LogP contribution in [0.3, 0.4) is 0 Å². The van der Waals surface area contributed by atoms with E-state index >= 15 is 0 Å². The van der Waals surface area contributed by atoms with Gasteiger partial charge in [-0.1, -0.05) is 27.7 Å². The Kier molecular flexibility index (Phi) is 5.92. The van der Waals surface area contributed by atoms with Crippen molar-refractivity contribution in [3.05, 3.63) is 40.8 Å². The lowest BCUT2D eigenvalue weighted by molar-refractivity contribution is -0.154. The van der Waals surface area contributed by atoms with Gasteiger partial charge in [0.15, 0.2) is 15.6 Å². The number of carbonyl (C=O) groups excluding carboxylic acids is 1. The zero-order chi connectivity index (χ0) is 23.3. The first-order valence-corrected chi connectivity index (χ1v) is 12.5. The molecule has 1 spiro atoms. The molecule has 1 saturated heterocycles. The topological polar surface area (TPSA) is 87.5 Å². The molecule has 32 heavy (non-hydrogen) atoms. The van der Waals surface area contributed by atoms with E-state index in [1.807, 2.05) is 27.7 Å². The van der Waals surface area contributed by atoms with E-state index < -0.39 is 21.4 Å². The van der Waals surface area contributed by atoms with Crippen LogP contribution in [0, 0.1) is 11.2 Å². The van der Waals surface area contributed by atoms with Crippen molar-refractivity contribution in [2.24, 2.45) is 5.41 Å². The SMILES string of the molecule is CC(C)c1cc(F)cc(C(C)C)c1CC(=O)CS(=O)(=O)c1cnn2c1OCC1(COC1)C2. The van der Waals surface area contributed by atoms with E-state index in [1.165, 1.54) is 23.0 Å². The molecule has 7 nitrogen and oxygen atoms in total. The van der Waals surface area contributed by atoms with Crippen LogP contribution in [0.25, 0.3) is 0 Å². The van der Waals surface area contributed by atoms with Gasteiger partial charge in [-0.25, -0.2) is 17.5 Å². The van der Waals surface area contributed by atoms with E-state index in [2.05, 4.69) is 5.10 Å². The molecule has 0 amide bonds. The van der Waals surface area contributed by atoms with E-state index in [9.17, 15) is 17.6 Å². The molecule has 0 aliphatic carbocycles. The van der Waals surface area contributed by atoms with Gasteiger partial charge in [0.25, 0.3) is 0 Å². The molecule has 1 aromatic heterocycles. The second-order valence-electron chi connectivity index (χ2n) is 9.60. The van der Waals surface area contributed by atoms with Crippen molar-refractivity contribution in [2.45, 2.75) is 57.4 Å². The number of sulfone groups is 1. The number of aromatic nitrogens is 2. The molecule has 0 N–H and O–H groups in total. The average Bonchev–Trinajstić information content (AvgIpc) is 3.10. The molecular formula is C23H29FN2O5S. The highest BCUT2D eigenvalue weighted by molar-refractivity contribution is 7.92. The molecule has 2 aliphatic heterocycles. The smallest absolute Gasteiger partial charge is 0.231 e. The molecule has 0 bridgehead atoms. The van der Waals surface area contributed by atoms with Crippen molar-refractivity contribution < 1.29 is 27.1 Å². The number of rotatable bonds is 7. The maximum absolute atomic E-state index is 14.2. The minimum atomic E-state index is -3.94. The predicted molar refractivity (Wildman–Crippen MR) is 116 cm³/mol. The minimum absolute atomic E-state index is 0.00139. The van der Waals surface area contributed by atoms with Crippen LogP contribution < -0.4 is 4.74 Å². The Morgan fingerprint density at radius 1 is 1.16 bits per heavy atom. The Morgan fingerprint density at radius 2 is 1.78 bits per heavy atom. The maximum Gasteiger partial charge on any atom is 0.231 e. The fourth-order valence-electron chi connectivity index (χ4n) is 4.43. The fourth-order valence-corrected chi connectivity index (χ4v) is 5.75. The number of benzene rings is 1. The lowest BCUT2D eigenvalue weighted by Gasteiger charge is -2.43. The molecule has 0 saturated carbocycles. The summed E-state index contributed by atoms with van der Waals surface area (Å²) < 4.78 is 52.8. The molecule has 2 aromatic rings. The number of carbonyl (C=O) groups is 1. The Hall–Kier alpha value is -2.26. The first-order valence-electron chi connectivity index (χ1n) is 10.8. The van der Waals surface area contributed by atoms with Crippen molar-refractivity contribution in [1.82, 2.24) is 9.78 Å². The monoisotopic (exact) mass is 464 g/mol. The zero-order valence-corrected chi connectivity index (χ0v) is 19.7. The molecular weight excluding hydrogens is 435 g/mol. The molecule has 0 atom stereocenters. The van der Waals surface area contributed by atoms with Crippen LogP contribution in [0.4, 0.5) is 4.39 Å². The third kappa shape index (κ3) is 4.20. The maximum atomic E-state index is 14.2. The van der Waals surface area contributed by atoms with Gasteiger partial charge in [-0.15, -0.1) is 0 Å². The van der Waals surface area contributed by atoms with Crippen molar-refractivity contribution >= 4 is 15.6 Å². The van der Waals surface area contributed by atoms with E-state index in [0.717, 1.165) is 16.7 Å². The second-order valence-corrected chi connectivity index (χ2v) is 11.6. The van der Waals surface area contributed by atoms with Gasteiger partial charge < -0.3 is 9.47 Å². The van der Waals surface area contributed by atoms with Gasteiger partial charge in [0.05, 0.1) is 31.4 Å². The summed E-state index contributed by atoms with van der Waals surface area (Å²) in [4.78, 5) is 12.9. The van der Waals surface area contributed by atoms with Crippen LogP contribution in [0.2, 0.25) is 0 Å². The standard InChI is InChI=1S/C23H29FN2O5S/c1-14(2)18-5-16(24)6-19(15(3)4)20(18)7-17(27)9-32(28,29)21-8-25-26-10-23(11-30-12-23)13-31-22(21)26/h5-6,8,14-15H,7,9-13H2,1-4H3. The van der Waals surface area contributed by atoms with Gasteiger partial charge in [0, 0.05) is 6.42 Å². The van der Waals surface area contributed by atoms with Crippen molar-refractivity contribution in [3.8, 4) is 5.88 Å². The van der Waals surface area contributed by atoms with E-state index in [4.69, 9.17) is 9.47 Å². The van der Waals surface area contributed by atoms with Crippen LogP contribution in [0.1, 0.15) is 56.2 Å². The lowest BCUT2D eigenvalue weighted by Crippen LogP contribution is -2.52. The Morgan fingerprint density at radius 3 is 2.31 bits per heavy atom. The molecule has 4 rings (SSSR count). The van der Waals surface area contributed by atoms with E-state index in [0.29, 0.717) is 26.4 Å². The van der Waals surface area contributed by atoms with Gasteiger partial charge in [-0.05, 0) is 40.7 Å². The minimum Gasteiger partial charge on any atom is -0.476 e. The summed E-state index contributed by atoms with van der Waals surface area (Å²) in [6.07, 6.45) is 1.19. The van der Waals surface area contributed by atoms with Crippen molar-refractivity contribution in [1.29, 1.82) is 0 Å². The number of nitrogens with zero attached hydrogens (tertiary/aromatic N) is 2. The lowest BCUT2D eigenvalue weighted by atomic mass is 9.86. The molecule has 2 aliphatic rings. The molecule has 9 heteroatoms. The summed E-state index contributed by atoms with van der Waals surface area (Å²) in [5, 5.41) is 4.18. The summed E-state index contributed by atoms with van der Waals surface area (Å²) >= 11 is 0. The first kappa shape index (κ1) is 22.9. The summed E-state index contributed by atoms with van der Waals surface area (Å²) in [6, 6.07) is 2.88. The zero-order valence-electron chi connectivity index (χ0n) is 18.9. The second kappa shape index (κ2) is 8.26. The summed E-state index contributed by atoms with van der Waals surface area (Å²) in [6.45, 7) is 9.72. The largest absolute Gasteiger partial charge is 0.476 e. The number of halogens is 1. The Bertz CT molecular complexity index is 1120. The van der Waals surface area contributed by atoms with Crippen LogP contribution >= 0.6 is 0 Å². The molecule has 1 fully saturated rings. The number of fused-ring (bicyclic) bond motifs is 1. The number of hydrogen-bond donors (Lipinski definition) is 0. The van der Waals surface area contributed by atoms with Gasteiger partial charge in [0.2, 0.25) is 5.88 Å². The highest BCUT2D eigenvalue weighted by Gasteiger charge is 2.45. The molecule has 0 unspecified atom stereocenters. The Labute approximate surface area is 187 Å². The summed E-state index contributed by atoms with van der Waals surface area (Å²) in [7, 11) is -3.94. The Balaban J connectivity index is 1.57. The van der Waals surface area contributed by atoms with Gasteiger partial charge >= 0.3 is 0 Å². The summed E-state index contributed by atoms with van der Waals surface area (Å²) in [5.41, 5.74) is 2.04. The third-order valence-electron chi connectivity index (χ3n) is 6.16. The van der Waals surface area contributed by atoms with Crippen LogP contribution in [0.15, 0.2) is 23.2 Å². The van der Waals surface area contributed by atoms with Crippen molar-refractivity contribution in [2.75, 3.05) is 25.6 Å². The third-order valence-corrected chi connectivity index (χ3v) is 7.82. The van der Waals surface area contributed by atoms with Crippen LogP contribution in [-0.2, 0) is 32.3 Å². The quantitative estimate of drug-likeness (QED) is 0.625. The molecule has 174 valence electrons. The van der Waals surface area contributed by atoms with Crippen LogP contribution in [0.5, 0.6) is 5.88 Å². The molecule has 3 heterocycles. The molecule has 0 radical (unpaired) electrons. The van der Waals surface area contributed by atoms with Crippen molar-refractivity contribution in [3.63, 3.8) is 0 Å².